The van der Waals surface area contributed by atoms with E-state index in [0.29, 0.717) is 5.56 Å². The maximum Gasteiger partial charge on any atom is 0.303 e. The molecule has 0 aliphatic heterocycles. The number of carboxylic acid groups (broad SMARTS) is 1. The Hall–Kier alpha value is -1.49. The lowest BCUT2D eigenvalue weighted by molar-refractivity contribution is -0.138. The zero-order chi connectivity index (χ0) is 13.9. The van der Waals surface area contributed by atoms with Crippen LogP contribution < -0.4 is 5.73 Å². The molecule has 5 heteroatoms. The van der Waals surface area contributed by atoms with Crippen LogP contribution in [0.25, 0.3) is 0 Å². The van der Waals surface area contributed by atoms with Crippen LogP contribution in [0.3, 0.4) is 0 Å². The molecule has 1 saturated carbocycles. The van der Waals surface area contributed by atoms with Gasteiger partial charge in [-0.05, 0) is 41.7 Å². The number of amides is 1. The molecule has 0 bridgehead atoms. The first-order valence-corrected chi connectivity index (χ1v) is 7.35. The Balaban J connectivity index is 1.80. The molecule has 0 unspecified atom stereocenters. The summed E-state index contributed by atoms with van der Waals surface area (Å²) in [5.41, 5.74) is 6.85. The third kappa shape index (κ3) is 3.99. The number of hydrogen-bond donors (Lipinski definition) is 2. The molecule has 0 spiro atoms. The highest BCUT2D eigenvalue weighted by atomic mass is 32.2. The quantitative estimate of drug-likeness (QED) is 0.802. The van der Waals surface area contributed by atoms with E-state index < -0.39 is 11.9 Å². The number of carboxylic acids is 1. The molecule has 0 saturated heterocycles. The van der Waals surface area contributed by atoms with E-state index in [-0.39, 0.29) is 11.8 Å². The van der Waals surface area contributed by atoms with Gasteiger partial charge in [-0.1, -0.05) is 12.1 Å². The van der Waals surface area contributed by atoms with Gasteiger partial charge in [0.05, 0.1) is 6.42 Å². The van der Waals surface area contributed by atoms with Crippen molar-refractivity contribution in [3.63, 3.8) is 0 Å². The van der Waals surface area contributed by atoms with Crippen LogP contribution >= 0.6 is 11.8 Å². The molecule has 1 amide bonds. The maximum atomic E-state index is 10.9. The fourth-order valence-corrected chi connectivity index (χ4v) is 3.37. The Morgan fingerprint density at radius 1 is 1.26 bits per heavy atom. The zero-order valence-corrected chi connectivity index (χ0v) is 11.4. The average Bonchev–Trinajstić information content (AvgIpc) is 3.08. The Labute approximate surface area is 116 Å². The molecule has 1 aliphatic rings. The van der Waals surface area contributed by atoms with Gasteiger partial charge in [-0.25, -0.2) is 0 Å². The van der Waals surface area contributed by atoms with E-state index in [1.165, 1.54) is 0 Å². The van der Waals surface area contributed by atoms with E-state index in [4.69, 9.17) is 10.8 Å². The summed E-state index contributed by atoms with van der Waals surface area (Å²) in [6.07, 6.45) is 2.32. The first kappa shape index (κ1) is 13.9. The number of primary amides is 1. The minimum absolute atomic E-state index is 0.0314. The molecule has 102 valence electrons. The number of hydrogen-bond acceptors (Lipinski definition) is 3. The number of rotatable bonds is 7. The summed E-state index contributed by atoms with van der Waals surface area (Å²) in [5.74, 6) is 0.596. The standard InChI is InChI=1S/C14H17NO3S/c15-13(18)11-3-1-10(2-4-11)8-19-9-14(5-6-14)7-12(16)17/h1-4H,5-9H2,(H2,15,18)(H,16,17). The molecule has 19 heavy (non-hydrogen) atoms. The van der Waals surface area contributed by atoms with E-state index in [9.17, 15) is 9.59 Å². The number of thioether (sulfide) groups is 1. The lowest BCUT2D eigenvalue weighted by Crippen LogP contribution is -2.11. The summed E-state index contributed by atoms with van der Waals surface area (Å²) in [6, 6.07) is 7.23. The van der Waals surface area contributed by atoms with Crippen molar-refractivity contribution in [2.75, 3.05) is 5.75 Å². The topological polar surface area (TPSA) is 80.4 Å². The van der Waals surface area contributed by atoms with Gasteiger partial charge in [0, 0.05) is 11.3 Å². The normalized spacial score (nSPS) is 16.0. The summed E-state index contributed by atoms with van der Waals surface area (Å²) in [7, 11) is 0. The average molecular weight is 279 g/mol. The fraction of sp³-hybridized carbons (Fsp3) is 0.429. The molecule has 3 N–H and O–H groups in total. The van der Waals surface area contributed by atoms with Gasteiger partial charge < -0.3 is 10.8 Å². The molecule has 0 radical (unpaired) electrons. The molecule has 0 atom stereocenters. The Bertz CT molecular complexity index is 480. The second-order valence-corrected chi connectivity index (χ2v) is 6.11. The minimum Gasteiger partial charge on any atom is -0.481 e. The second-order valence-electron chi connectivity index (χ2n) is 5.12. The highest BCUT2D eigenvalue weighted by Crippen LogP contribution is 2.51. The minimum atomic E-state index is -0.705. The largest absolute Gasteiger partial charge is 0.481 e. The summed E-state index contributed by atoms with van der Waals surface area (Å²) < 4.78 is 0. The molecule has 4 nitrogen and oxygen atoms in total. The van der Waals surface area contributed by atoms with Crippen LogP contribution in [0.5, 0.6) is 0 Å². The van der Waals surface area contributed by atoms with Gasteiger partial charge in [-0.2, -0.15) is 11.8 Å². The molecule has 1 fully saturated rings. The monoisotopic (exact) mass is 279 g/mol. The molecule has 1 aromatic carbocycles. The van der Waals surface area contributed by atoms with Crippen molar-refractivity contribution in [3.05, 3.63) is 35.4 Å². The van der Waals surface area contributed by atoms with Crippen LogP contribution in [0.4, 0.5) is 0 Å². The van der Waals surface area contributed by atoms with Gasteiger partial charge in [-0.15, -0.1) is 0 Å². The van der Waals surface area contributed by atoms with Crippen LogP contribution in [-0.2, 0) is 10.5 Å². The van der Waals surface area contributed by atoms with Gasteiger partial charge in [0.2, 0.25) is 5.91 Å². The van der Waals surface area contributed by atoms with E-state index in [1.807, 2.05) is 12.1 Å². The molecule has 1 aromatic rings. The number of benzene rings is 1. The molecule has 0 heterocycles. The highest BCUT2D eigenvalue weighted by molar-refractivity contribution is 7.98. The van der Waals surface area contributed by atoms with Crippen LogP contribution in [-0.4, -0.2) is 22.7 Å². The summed E-state index contributed by atoms with van der Waals surface area (Å²) in [4.78, 5) is 21.7. The lowest BCUT2D eigenvalue weighted by Gasteiger charge is -2.11. The third-order valence-corrected chi connectivity index (χ3v) is 4.75. The zero-order valence-electron chi connectivity index (χ0n) is 10.6. The van der Waals surface area contributed by atoms with E-state index in [0.717, 1.165) is 29.9 Å². The number of aliphatic carboxylic acids is 1. The maximum absolute atomic E-state index is 10.9. The molecule has 2 rings (SSSR count). The van der Waals surface area contributed by atoms with Crippen molar-refractivity contribution in [2.24, 2.45) is 11.1 Å². The Morgan fingerprint density at radius 3 is 2.37 bits per heavy atom. The first-order chi connectivity index (χ1) is 9.01. The van der Waals surface area contributed by atoms with Gasteiger partial charge >= 0.3 is 5.97 Å². The smallest absolute Gasteiger partial charge is 0.303 e. The summed E-state index contributed by atoms with van der Waals surface area (Å²) in [6.45, 7) is 0. The van der Waals surface area contributed by atoms with Crippen molar-refractivity contribution >= 4 is 23.6 Å². The van der Waals surface area contributed by atoms with Gasteiger partial charge in [-0.3, -0.25) is 9.59 Å². The Kier molecular flexibility index (Phi) is 4.14. The predicted molar refractivity (Wildman–Crippen MR) is 75.0 cm³/mol. The van der Waals surface area contributed by atoms with Crippen molar-refractivity contribution < 1.29 is 14.7 Å². The predicted octanol–water partition coefficient (Wildman–Crippen LogP) is 2.27. The SMILES string of the molecule is NC(=O)c1ccc(CSCC2(CC(=O)O)CC2)cc1. The van der Waals surface area contributed by atoms with E-state index in [2.05, 4.69) is 0 Å². The molecule has 0 aromatic heterocycles. The second kappa shape index (κ2) is 5.65. The van der Waals surface area contributed by atoms with E-state index >= 15 is 0 Å². The van der Waals surface area contributed by atoms with Gasteiger partial charge in [0.25, 0.3) is 0 Å². The van der Waals surface area contributed by atoms with Crippen LogP contribution in [0.15, 0.2) is 24.3 Å². The summed E-state index contributed by atoms with van der Waals surface area (Å²) >= 11 is 1.75. The molecular weight excluding hydrogens is 262 g/mol. The van der Waals surface area contributed by atoms with Gasteiger partial charge in [0.1, 0.15) is 0 Å². The fourth-order valence-electron chi connectivity index (χ4n) is 2.02. The van der Waals surface area contributed by atoms with E-state index in [1.54, 1.807) is 23.9 Å². The van der Waals surface area contributed by atoms with Crippen molar-refractivity contribution in [1.82, 2.24) is 0 Å². The highest BCUT2D eigenvalue weighted by Gasteiger charge is 2.43. The number of carbonyl (C=O) groups is 2. The van der Waals surface area contributed by atoms with Crippen LogP contribution in [0, 0.1) is 5.41 Å². The molecule has 1 aliphatic carbocycles. The number of nitrogens with two attached hydrogens (primary N) is 1. The Morgan fingerprint density at radius 2 is 1.89 bits per heavy atom. The lowest BCUT2D eigenvalue weighted by atomic mass is 10.1. The molecular formula is C14H17NO3S. The van der Waals surface area contributed by atoms with Gasteiger partial charge in [0.15, 0.2) is 0 Å². The third-order valence-electron chi connectivity index (χ3n) is 3.40. The first-order valence-electron chi connectivity index (χ1n) is 6.19. The van der Waals surface area contributed by atoms with Crippen molar-refractivity contribution in [3.8, 4) is 0 Å². The van der Waals surface area contributed by atoms with Crippen LogP contribution in [0.1, 0.15) is 35.2 Å². The summed E-state index contributed by atoms with van der Waals surface area (Å²) in [5, 5.41) is 8.83. The van der Waals surface area contributed by atoms with Crippen LogP contribution in [0.2, 0.25) is 0 Å². The van der Waals surface area contributed by atoms with Crippen molar-refractivity contribution in [2.45, 2.75) is 25.0 Å². The number of carbonyl (C=O) groups excluding carboxylic acids is 1. The van der Waals surface area contributed by atoms with Crippen molar-refractivity contribution in [1.29, 1.82) is 0 Å².